The van der Waals surface area contributed by atoms with Crippen LogP contribution in [0.25, 0.3) is 5.82 Å². The van der Waals surface area contributed by atoms with Gasteiger partial charge >= 0.3 is 0 Å². The van der Waals surface area contributed by atoms with Gasteiger partial charge in [0.25, 0.3) is 5.56 Å². The predicted molar refractivity (Wildman–Crippen MR) is 97.1 cm³/mol. The predicted octanol–water partition coefficient (Wildman–Crippen LogP) is -0.0385. The van der Waals surface area contributed by atoms with Gasteiger partial charge in [-0.15, -0.1) is 5.10 Å². The Kier molecular flexibility index (Phi) is 6.11. The summed E-state index contributed by atoms with van der Waals surface area (Å²) in [5.74, 6) is 0.0643. The summed E-state index contributed by atoms with van der Waals surface area (Å²) in [5, 5.41) is 8.04. The van der Waals surface area contributed by atoms with Gasteiger partial charge in [0.05, 0.1) is 12.3 Å². The van der Waals surface area contributed by atoms with Crippen molar-refractivity contribution in [1.29, 1.82) is 0 Å². The smallest absolute Gasteiger partial charge is 0.266 e. The highest BCUT2D eigenvalue weighted by Crippen LogP contribution is 2.10. The van der Waals surface area contributed by atoms with Gasteiger partial charge < -0.3 is 4.74 Å². The lowest BCUT2D eigenvalue weighted by Crippen LogP contribution is -2.34. The Bertz CT molecular complexity index is 1070. The SMILES string of the molecule is O=c1ccc(-n2cncn2)nn1CCNS(=O)(=O)CCOc1ccc(F)cc1. The Morgan fingerprint density at radius 1 is 1.14 bits per heavy atom. The summed E-state index contributed by atoms with van der Waals surface area (Å²) >= 11 is 0. The molecule has 1 N–H and O–H groups in total. The second-order valence-corrected chi connectivity index (χ2v) is 7.53. The van der Waals surface area contributed by atoms with Crippen LogP contribution in [-0.4, -0.2) is 51.9 Å². The summed E-state index contributed by atoms with van der Waals surface area (Å²) in [6.45, 7) is -0.0764. The lowest BCUT2D eigenvalue weighted by Gasteiger charge is -2.10. The van der Waals surface area contributed by atoms with Gasteiger partial charge in [0, 0.05) is 12.6 Å². The maximum Gasteiger partial charge on any atom is 0.266 e. The zero-order chi connectivity index (χ0) is 20.0. The van der Waals surface area contributed by atoms with Gasteiger partial charge in [0.1, 0.15) is 30.8 Å². The normalized spacial score (nSPS) is 11.5. The fraction of sp³-hybridized carbons (Fsp3) is 0.250. The molecule has 12 heteroatoms. The molecule has 3 aromatic rings. The average Bonchev–Trinajstić information content (AvgIpc) is 3.19. The van der Waals surface area contributed by atoms with Crippen LogP contribution in [0.5, 0.6) is 5.75 Å². The largest absolute Gasteiger partial charge is 0.492 e. The molecule has 2 heterocycles. The Hall–Kier alpha value is -3.12. The van der Waals surface area contributed by atoms with Crippen LogP contribution in [0.2, 0.25) is 0 Å². The molecule has 0 amide bonds. The van der Waals surface area contributed by atoms with Crippen LogP contribution in [0.15, 0.2) is 53.8 Å². The van der Waals surface area contributed by atoms with E-state index in [0.29, 0.717) is 11.6 Å². The summed E-state index contributed by atoms with van der Waals surface area (Å²) in [6, 6.07) is 8.07. The first-order valence-electron chi connectivity index (χ1n) is 8.22. The molecule has 0 spiro atoms. The molecule has 0 saturated heterocycles. The molecule has 0 bridgehead atoms. The van der Waals surface area contributed by atoms with Crippen LogP contribution in [0.4, 0.5) is 4.39 Å². The number of aromatic nitrogens is 5. The van der Waals surface area contributed by atoms with Crippen molar-refractivity contribution in [2.24, 2.45) is 0 Å². The minimum atomic E-state index is -3.62. The minimum absolute atomic E-state index is 0.0212. The molecule has 0 aliphatic carbocycles. The third-order valence-corrected chi connectivity index (χ3v) is 4.93. The van der Waals surface area contributed by atoms with Crippen molar-refractivity contribution in [2.75, 3.05) is 18.9 Å². The Morgan fingerprint density at radius 2 is 1.93 bits per heavy atom. The summed E-state index contributed by atoms with van der Waals surface area (Å²) < 4.78 is 47.0. The number of hydrogen-bond donors (Lipinski definition) is 1. The van der Waals surface area contributed by atoms with Crippen LogP contribution < -0.4 is 15.0 Å². The number of hydrogen-bond acceptors (Lipinski definition) is 7. The van der Waals surface area contributed by atoms with Crippen molar-refractivity contribution in [3.63, 3.8) is 0 Å². The molecule has 0 unspecified atom stereocenters. The highest BCUT2D eigenvalue weighted by atomic mass is 32.2. The second-order valence-electron chi connectivity index (χ2n) is 5.61. The molecule has 0 fully saturated rings. The van der Waals surface area contributed by atoms with E-state index in [1.165, 1.54) is 53.7 Å². The molecular weight excluding hydrogens is 391 g/mol. The van der Waals surface area contributed by atoms with Crippen LogP contribution in [0.3, 0.4) is 0 Å². The molecule has 28 heavy (non-hydrogen) atoms. The molecule has 0 radical (unpaired) electrons. The van der Waals surface area contributed by atoms with E-state index in [-0.39, 0.29) is 31.0 Å². The van der Waals surface area contributed by atoms with E-state index in [1.54, 1.807) is 0 Å². The maximum atomic E-state index is 12.8. The third kappa shape index (κ3) is 5.44. The van der Waals surface area contributed by atoms with E-state index in [4.69, 9.17) is 4.74 Å². The monoisotopic (exact) mass is 408 g/mol. The van der Waals surface area contributed by atoms with Crippen molar-refractivity contribution in [3.8, 4) is 11.6 Å². The Morgan fingerprint density at radius 3 is 2.64 bits per heavy atom. The van der Waals surface area contributed by atoms with E-state index in [0.717, 1.165) is 4.68 Å². The number of rotatable bonds is 9. The fourth-order valence-electron chi connectivity index (χ4n) is 2.23. The maximum absolute atomic E-state index is 12.8. The number of halogens is 1. The molecule has 148 valence electrons. The first-order valence-corrected chi connectivity index (χ1v) is 9.87. The van der Waals surface area contributed by atoms with E-state index < -0.39 is 15.8 Å². The topological polar surface area (TPSA) is 121 Å². The molecule has 0 aliphatic heterocycles. The molecule has 10 nitrogen and oxygen atoms in total. The number of ether oxygens (including phenoxy) is 1. The van der Waals surface area contributed by atoms with Crippen molar-refractivity contribution < 1.29 is 17.5 Å². The van der Waals surface area contributed by atoms with Gasteiger partial charge in [0.2, 0.25) is 10.0 Å². The molecule has 0 aliphatic rings. The summed E-state index contributed by atoms with van der Waals surface area (Å²) in [5.41, 5.74) is -0.372. The number of nitrogens with one attached hydrogen (secondary N) is 1. The molecule has 3 rings (SSSR count). The van der Waals surface area contributed by atoms with Crippen LogP contribution >= 0.6 is 0 Å². The van der Waals surface area contributed by atoms with Crippen LogP contribution in [0.1, 0.15) is 0 Å². The van der Waals surface area contributed by atoms with Gasteiger partial charge in [0.15, 0.2) is 5.82 Å². The van der Waals surface area contributed by atoms with E-state index in [1.807, 2.05) is 0 Å². The van der Waals surface area contributed by atoms with E-state index in [9.17, 15) is 17.6 Å². The lowest BCUT2D eigenvalue weighted by atomic mass is 10.3. The fourth-order valence-corrected chi connectivity index (χ4v) is 3.08. The number of sulfonamides is 1. The van der Waals surface area contributed by atoms with Crippen molar-refractivity contribution in [3.05, 3.63) is 65.2 Å². The average molecular weight is 408 g/mol. The third-order valence-electron chi connectivity index (χ3n) is 3.59. The zero-order valence-electron chi connectivity index (χ0n) is 14.6. The van der Waals surface area contributed by atoms with Gasteiger partial charge in [-0.2, -0.15) is 5.10 Å². The first-order chi connectivity index (χ1) is 13.4. The molecule has 1 aromatic carbocycles. The van der Waals surface area contributed by atoms with Crippen LogP contribution in [-0.2, 0) is 16.6 Å². The number of benzene rings is 1. The number of nitrogens with zero attached hydrogens (tertiary/aromatic N) is 5. The zero-order valence-corrected chi connectivity index (χ0v) is 15.4. The first kappa shape index (κ1) is 19.6. The van der Waals surface area contributed by atoms with Crippen LogP contribution in [0, 0.1) is 5.82 Å². The quantitative estimate of drug-likeness (QED) is 0.527. The molecular formula is C16H17FN6O4S. The second kappa shape index (κ2) is 8.71. The van der Waals surface area contributed by atoms with Gasteiger partial charge in [-0.05, 0) is 30.3 Å². The highest BCUT2D eigenvalue weighted by Gasteiger charge is 2.11. The summed E-state index contributed by atoms with van der Waals surface area (Å²) in [7, 11) is -3.62. The Balaban J connectivity index is 1.50. The van der Waals surface area contributed by atoms with Gasteiger partial charge in [-0.25, -0.2) is 31.9 Å². The summed E-state index contributed by atoms with van der Waals surface area (Å²) in [4.78, 5) is 15.7. The van der Waals surface area contributed by atoms with Crippen molar-refractivity contribution >= 4 is 10.0 Å². The summed E-state index contributed by atoms with van der Waals surface area (Å²) in [6.07, 6.45) is 2.76. The highest BCUT2D eigenvalue weighted by molar-refractivity contribution is 7.89. The van der Waals surface area contributed by atoms with Gasteiger partial charge in [-0.1, -0.05) is 0 Å². The lowest BCUT2D eigenvalue weighted by molar-refractivity contribution is 0.339. The minimum Gasteiger partial charge on any atom is -0.492 e. The molecule has 0 atom stereocenters. The van der Waals surface area contributed by atoms with E-state index >= 15 is 0 Å². The van der Waals surface area contributed by atoms with Crippen molar-refractivity contribution in [1.82, 2.24) is 29.3 Å². The molecule has 2 aromatic heterocycles. The molecule has 0 saturated carbocycles. The Labute approximate surface area is 159 Å². The van der Waals surface area contributed by atoms with E-state index in [2.05, 4.69) is 19.9 Å². The van der Waals surface area contributed by atoms with Crippen molar-refractivity contribution in [2.45, 2.75) is 6.54 Å². The standard InChI is InChI=1S/C16H17FN6O4S/c17-13-1-3-14(4-2-13)27-9-10-28(25,26)20-7-8-22-16(24)6-5-15(21-22)23-12-18-11-19-23/h1-6,11-12,20H,7-10H2. The van der Waals surface area contributed by atoms with Gasteiger partial charge in [-0.3, -0.25) is 4.79 Å².